The van der Waals surface area contributed by atoms with Crippen LogP contribution in [0.5, 0.6) is 0 Å². The van der Waals surface area contributed by atoms with Gasteiger partial charge in [-0.25, -0.2) is 0 Å². The number of hydrogen-bond acceptors (Lipinski definition) is 4. The van der Waals surface area contributed by atoms with Crippen LogP contribution in [-0.2, 0) is 20.9 Å². The second kappa shape index (κ2) is 5.16. The molecule has 0 unspecified atom stereocenters. The molecule has 0 atom stereocenters. The third-order valence-corrected chi connectivity index (χ3v) is 8.60. The van der Waals surface area contributed by atoms with Gasteiger partial charge in [-0.05, 0) is 32.6 Å². The first-order valence-electron chi connectivity index (χ1n) is 5.09. The van der Waals surface area contributed by atoms with Gasteiger partial charge < -0.3 is 9.05 Å². The zero-order valence-corrected chi connectivity index (χ0v) is 14.4. The Balaban J connectivity index is 2.83. The van der Waals surface area contributed by atoms with Crippen LogP contribution < -0.4 is 0 Å². The Morgan fingerprint density at radius 3 is 2.06 bits per heavy atom. The average molecular weight is 348 g/mol. The summed E-state index contributed by atoms with van der Waals surface area (Å²) in [6.45, 7) is 9.51. The summed E-state index contributed by atoms with van der Waals surface area (Å²) < 4.78 is 13.7. The van der Waals surface area contributed by atoms with Gasteiger partial charge in [0.2, 0.25) is 0 Å². The van der Waals surface area contributed by atoms with Gasteiger partial charge >= 0.3 is 0 Å². The molecular weight excluding hydrogens is 329 g/mol. The summed E-state index contributed by atoms with van der Waals surface area (Å²) in [5, 5.41) is 0. The van der Waals surface area contributed by atoms with Crippen LogP contribution in [0.4, 0.5) is 0 Å². The highest BCUT2D eigenvalue weighted by Gasteiger charge is 2.42. The van der Waals surface area contributed by atoms with Gasteiger partial charge in [-0.3, -0.25) is 0 Å². The molecule has 1 aliphatic heterocycles. The second-order valence-electron chi connectivity index (χ2n) is 5.69. The standard InChI is InChI=1S/C9H19BrNO2PS2/c1-8(2,3)11(16-10)14(15)12-6-9(4,5)7-13-14/h6-7H2,1-5H3. The van der Waals surface area contributed by atoms with Gasteiger partial charge in [0.15, 0.2) is 0 Å². The van der Waals surface area contributed by atoms with Crippen molar-refractivity contribution in [2.45, 2.75) is 40.2 Å². The van der Waals surface area contributed by atoms with Crippen LogP contribution in [0.2, 0.25) is 0 Å². The van der Waals surface area contributed by atoms with Crippen LogP contribution in [0.3, 0.4) is 0 Å². The van der Waals surface area contributed by atoms with Crippen molar-refractivity contribution in [3.05, 3.63) is 0 Å². The van der Waals surface area contributed by atoms with Crippen LogP contribution in [0.15, 0.2) is 0 Å². The molecule has 0 aromatic heterocycles. The molecule has 96 valence electrons. The highest BCUT2D eigenvalue weighted by molar-refractivity contribution is 9.50. The third kappa shape index (κ3) is 3.67. The molecule has 0 N–H and O–H groups in total. The predicted octanol–water partition coefficient (Wildman–Crippen LogP) is 4.34. The van der Waals surface area contributed by atoms with Crippen LogP contribution in [-0.4, -0.2) is 22.8 Å². The fourth-order valence-electron chi connectivity index (χ4n) is 1.21. The third-order valence-electron chi connectivity index (χ3n) is 2.10. The van der Waals surface area contributed by atoms with E-state index in [2.05, 4.69) is 49.4 Å². The molecule has 0 aromatic rings. The Labute approximate surface area is 115 Å². The summed E-state index contributed by atoms with van der Waals surface area (Å²) in [4.78, 5) is 0. The van der Waals surface area contributed by atoms with Crippen molar-refractivity contribution in [1.82, 2.24) is 4.08 Å². The lowest BCUT2D eigenvalue weighted by Gasteiger charge is -2.44. The highest BCUT2D eigenvalue weighted by atomic mass is 79.9. The van der Waals surface area contributed by atoms with E-state index in [0.717, 1.165) is 0 Å². The SMILES string of the molecule is CC1(C)COP(=S)(N(SBr)C(C)(C)C)OC1. The Kier molecular flexibility index (Phi) is 4.97. The van der Waals surface area contributed by atoms with Crippen molar-refractivity contribution < 1.29 is 9.05 Å². The number of nitrogens with zero attached hydrogens (tertiary/aromatic N) is 1. The maximum absolute atomic E-state index is 5.84. The summed E-state index contributed by atoms with van der Waals surface area (Å²) in [5.41, 5.74) is -0.0337. The predicted molar refractivity (Wildman–Crippen MR) is 78.1 cm³/mol. The van der Waals surface area contributed by atoms with Crippen molar-refractivity contribution in [3.8, 4) is 0 Å². The van der Waals surface area contributed by atoms with Crippen molar-refractivity contribution >= 4 is 43.6 Å². The molecule has 3 nitrogen and oxygen atoms in total. The van der Waals surface area contributed by atoms with Crippen LogP contribution in [0.1, 0.15) is 34.6 Å². The van der Waals surface area contributed by atoms with E-state index in [9.17, 15) is 0 Å². The van der Waals surface area contributed by atoms with Gasteiger partial charge in [0.1, 0.15) is 0 Å². The molecule has 1 aliphatic rings. The minimum atomic E-state index is -2.34. The van der Waals surface area contributed by atoms with Gasteiger partial charge in [-0.15, -0.1) is 0 Å². The van der Waals surface area contributed by atoms with E-state index >= 15 is 0 Å². The van der Waals surface area contributed by atoms with Crippen molar-refractivity contribution in [1.29, 1.82) is 0 Å². The maximum atomic E-state index is 5.84. The zero-order valence-electron chi connectivity index (χ0n) is 10.3. The molecule has 0 spiro atoms. The first-order valence-corrected chi connectivity index (χ1v) is 10.3. The lowest BCUT2D eigenvalue weighted by atomic mass is 9.97. The highest BCUT2D eigenvalue weighted by Crippen LogP contribution is 2.63. The molecule has 0 aromatic carbocycles. The Morgan fingerprint density at radius 2 is 1.75 bits per heavy atom. The average Bonchev–Trinajstić information content (AvgIpc) is 2.10. The van der Waals surface area contributed by atoms with Crippen LogP contribution in [0, 0.1) is 5.41 Å². The quantitative estimate of drug-likeness (QED) is 0.545. The van der Waals surface area contributed by atoms with Gasteiger partial charge in [0.25, 0.3) is 6.64 Å². The topological polar surface area (TPSA) is 21.7 Å². The fraction of sp³-hybridized carbons (Fsp3) is 1.00. The monoisotopic (exact) mass is 347 g/mol. The molecular formula is C9H19BrNO2PS2. The summed E-state index contributed by atoms with van der Waals surface area (Å²) >= 11 is 8.96. The molecule has 7 heteroatoms. The Hall–Kier alpha value is 1.36. The van der Waals surface area contributed by atoms with E-state index in [4.69, 9.17) is 20.9 Å². The molecule has 0 radical (unpaired) electrons. The molecule has 1 heterocycles. The number of hydrogen-bond donors (Lipinski definition) is 0. The largest absolute Gasteiger partial charge is 0.317 e. The molecule has 0 saturated carbocycles. The maximum Gasteiger partial charge on any atom is 0.274 e. The summed E-state index contributed by atoms with van der Waals surface area (Å²) in [5.74, 6) is 0. The first kappa shape index (κ1) is 15.4. The molecule has 0 amide bonds. The molecule has 1 rings (SSSR count). The van der Waals surface area contributed by atoms with E-state index in [1.165, 1.54) is 10.4 Å². The lowest BCUT2D eigenvalue weighted by Crippen LogP contribution is -2.39. The van der Waals surface area contributed by atoms with Gasteiger partial charge in [0, 0.05) is 36.1 Å². The molecule has 16 heavy (non-hydrogen) atoms. The Bertz CT molecular complexity index is 292. The number of halogens is 1. The molecule has 0 bridgehead atoms. The van der Waals surface area contributed by atoms with Gasteiger partial charge in [-0.1, -0.05) is 13.8 Å². The minimum Gasteiger partial charge on any atom is -0.317 e. The second-order valence-corrected chi connectivity index (χ2v) is 10.6. The van der Waals surface area contributed by atoms with Crippen molar-refractivity contribution in [2.24, 2.45) is 5.41 Å². The van der Waals surface area contributed by atoms with Crippen LogP contribution in [0.25, 0.3) is 0 Å². The van der Waals surface area contributed by atoms with Crippen molar-refractivity contribution in [2.75, 3.05) is 13.2 Å². The van der Waals surface area contributed by atoms with Gasteiger partial charge in [0.05, 0.1) is 13.2 Å². The van der Waals surface area contributed by atoms with E-state index in [0.29, 0.717) is 13.2 Å². The van der Waals surface area contributed by atoms with Gasteiger partial charge in [-0.2, -0.15) is 4.08 Å². The smallest absolute Gasteiger partial charge is 0.274 e. The van der Waals surface area contributed by atoms with E-state index < -0.39 is 6.64 Å². The molecule has 1 fully saturated rings. The normalized spacial score (nSPS) is 24.7. The lowest BCUT2D eigenvalue weighted by molar-refractivity contribution is 0.0455. The first-order chi connectivity index (χ1) is 7.11. The van der Waals surface area contributed by atoms with Crippen LogP contribution >= 0.6 is 31.8 Å². The summed E-state index contributed by atoms with van der Waals surface area (Å²) in [7, 11) is 1.42. The minimum absolute atomic E-state index is 0.0584. The molecule has 1 saturated heterocycles. The Morgan fingerprint density at radius 1 is 1.31 bits per heavy atom. The van der Waals surface area contributed by atoms with E-state index in [-0.39, 0.29) is 11.0 Å². The summed E-state index contributed by atoms with van der Waals surface area (Å²) in [6, 6.07) is 0. The van der Waals surface area contributed by atoms with Crippen molar-refractivity contribution in [3.63, 3.8) is 0 Å². The summed E-state index contributed by atoms with van der Waals surface area (Å²) in [6.07, 6.45) is 0. The van der Waals surface area contributed by atoms with E-state index in [1.807, 2.05) is 4.08 Å². The zero-order chi connectivity index (χ0) is 12.6. The molecule has 0 aliphatic carbocycles. The van der Waals surface area contributed by atoms with E-state index in [1.54, 1.807) is 0 Å². The number of rotatable bonds is 2. The fourth-order valence-corrected chi connectivity index (χ4v) is 9.00.